The van der Waals surface area contributed by atoms with Gasteiger partial charge < -0.3 is 9.64 Å². The molecule has 0 fully saturated rings. The van der Waals surface area contributed by atoms with Crippen molar-refractivity contribution in [1.29, 1.82) is 0 Å². The first-order valence-electron chi connectivity index (χ1n) is 10.6. The molecule has 0 bridgehead atoms. The highest BCUT2D eigenvalue weighted by Crippen LogP contribution is 2.34. The van der Waals surface area contributed by atoms with Gasteiger partial charge in [0.25, 0.3) is 5.91 Å². The Balaban J connectivity index is 1.81. The molecule has 0 saturated heterocycles. The summed E-state index contributed by atoms with van der Waals surface area (Å²) in [5.74, 6) is -1.32. The Hall–Kier alpha value is -2.99. The monoisotopic (exact) mass is 455 g/mol. The molecule has 0 heterocycles. The molecule has 32 heavy (non-hydrogen) atoms. The number of amides is 1. The molecule has 2 aromatic carbocycles. The SMILES string of the molecule is CC(C)CN(CC(C)C)C(=O)COC(=O)c1ccc2c(c1Cl)C(=O)c1ccccc1C2=O. The maximum atomic E-state index is 13.0. The van der Waals surface area contributed by atoms with Gasteiger partial charge in [0, 0.05) is 29.8 Å². The number of carbonyl (C=O) groups is 4. The smallest absolute Gasteiger partial charge is 0.340 e. The van der Waals surface area contributed by atoms with Crippen LogP contribution in [0.2, 0.25) is 5.02 Å². The predicted molar refractivity (Wildman–Crippen MR) is 121 cm³/mol. The van der Waals surface area contributed by atoms with Crippen LogP contribution in [0.15, 0.2) is 36.4 Å². The number of ketones is 2. The van der Waals surface area contributed by atoms with E-state index in [-0.39, 0.29) is 50.8 Å². The largest absolute Gasteiger partial charge is 0.452 e. The molecule has 0 N–H and O–H groups in total. The molecule has 0 radical (unpaired) electrons. The second-order valence-corrected chi connectivity index (χ2v) is 9.09. The first-order valence-corrected chi connectivity index (χ1v) is 10.9. The van der Waals surface area contributed by atoms with Gasteiger partial charge in [-0.3, -0.25) is 14.4 Å². The number of esters is 1. The van der Waals surface area contributed by atoms with Crippen LogP contribution in [-0.2, 0) is 9.53 Å². The molecule has 0 aliphatic heterocycles. The van der Waals surface area contributed by atoms with Crippen LogP contribution in [0, 0.1) is 11.8 Å². The summed E-state index contributed by atoms with van der Waals surface area (Å²) in [6.07, 6.45) is 0. The van der Waals surface area contributed by atoms with E-state index in [9.17, 15) is 19.2 Å². The molecule has 3 rings (SSSR count). The summed E-state index contributed by atoms with van der Waals surface area (Å²) in [4.78, 5) is 52.7. The number of rotatable bonds is 7. The highest BCUT2D eigenvalue weighted by molar-refractivity contribution is 6.41. The van der Waals surface area contributed by atoms with E-state index in [0.717, 1.165) is 0 Å². The zero-order chi connectivity index (χ0) is 23.6. The fourth-order valence-corrected chi connectivity index (χ4v) is 4.09. The Kier molecular flexibility index (Phi) is 7.14. The molecule has 0 spiro atoms. The third kappa shape index (κ3) is 4.75. The lowest BCUT2D eigenvalue weighted by Crippen LogP contribution is -2.39. The molecule has 0 atom stereocenters. The molecular formula is C25H26ClNO5. The van der Waals surface area contributed by atoms with E-state index in [1.807, 2.05) is 27.7 Å². The number of ether oxygens (including phenoxy) is 1. The molecule has 6 nitrogen and oxygen atoms in total. The third-order valence-corrected chi connectivity index (χ3v) is 5.49. The van der Waals surface area contributed by atoms with Gasteiger partial charge in [-0.2, -0.15) is 0 Å². The van der Waals surface area contributed by atoms with Crippen molar-refractivity contribution in [2.24, 2.45) is 11.8 Å². The topological polar surface area (TPSA) is 80.8 Å². The van der Waals surface area contributed by atoms with Crippen molar-refractivity contribution in [1.82, 2.24) is 4.90 Å². The van der Waals surface area contributed by atoms with Gasteiger partial charge in [-0.15, -0.1) is 0 Å². The van der Waals surface area contributed by atoms with Crippen molar-refractivity contribution in [3.63, 3.8) is 0 Å². The van der Waals surface area contributed by atoms with Gasteiger partial charge in [0.05, 0.1) is 16.1 Å². The van der Waals surface area contributed by atoms with Gasteiger partial charge >= 0.3 is 5.97 Å². The molecule has 1 amide bonds. The molecule has 7 heteroatoms. The van der Waals surface area contributed by atoms with Gasteiger partial charge in [0.2, 0.25) is 0 Å². The standard InChI is InChI=1S/C25H26ClNO5/c1-14(2)11-27(12-15(3)4)20(28)13-32-25(31)19-10-9-18-21(22(19)26)24(30)17-8-6-5-7-16(17)23(18)29/h5-10,14-15H,11-13H2,1-4H3. The Morgan fingerprint density at radius 1 is 0.875 bits per heavy atom. The number of nitrogens with zero attached hydrogens (tertiary/aromatic N) is 1. The van der Waals surface area contributed by atoms with Crippen LogP contribution in [0.5, 0.6) is 0 Å². The molecule has 1 aliphatic carbocycles. The van der Waals surface area contributed by atoms with E-state index >= 15 is 0 Å². The van der Waals surface area contributed by atoms with Crippen molar-refractivity contribution >= 4 is 35.0 Å². The highest BCUT2D eigenvalue weighted by Gasteiger charge is 2.33. The normalized spacial score (nSPS) is 12.6. The lowest BCUT2D eigenvalue weighted by molar-refractivity contribution is -0.135. The van der Waals surface area contributed by atoms with Crippen molar-refractivity contribution in [2.75, 3.05) is 19.7 Å². The van der Waals surface area contributed by atoms with Crippen LogP contribution in [0.25, 0.3) is 0 Å². The first-order chi connectivity index (χ1) is 15.1. The summed E-state index contributed by atoms with van der Waals surface area (Å²) >= 11 is 6.39. The van der Waals surface area contributed by atoms with Crippen molar-refractivity contribution in [3.05, 3.63) is 69.2 Å². The first kappa shape index (κ1) is 23.7. The highest BCUT2D eigenvalue weighted by atomic mass is 35.5. The molecule has 0 aromatic heterocycles. The zero-order valence-corrected chi connectivity index (χ0v) is 19.4. The summed E-state index contributed by atoms with van der Waals surface area (Å²) in [7, 11) is 0. The van der Waals surface area contributed by atoms with Crippen LogP contribution in [0.3, 0.4) is 0 Å². The zero-order valence-electron chi connectivity index (χ0n) is 18.6. The summed E-state index contributed by atoms with van der Waals surface area (Å²) < 4.78 is 5.23. The molecule has 168 valence electrons. The summed E-state index contributed by atoms with van der Waals surface area (Å²) in [6, 6.07) is 9.23. The lowest BCUT2D eigenvalue weighted by atomic mass is 9.83. The van der Waals surface area contributed by atoms with Crippen molar-refractivity contribution in [2.45, 2.75) is 27.7 Å². The molecule has 2 aromatic rings. The maximum Gasteiger partial charge on any atom is 0.340 e. The molecular weight excluding hydrogens is 430 g/mol. The number of hydrogen-bond acceptors (Lipinski definition) is 5. The van der Waals surface area contributed by atoms with Crippen LogP contribution in [0.4, 0.5) is 0 Å². The molecule has 0 saturated carbocycles. The number of benzene rings is 2. The maximum absolute atomic E-state index is 13.0. The number of carbonyl (C=O) groups excluding carboxylic acids is 4. The summed E-state index contributed by atoms with van der Waals surface area (Å²) in [6.45, 7) is 8.73. The van der Waals surface area contributed by atoms with Gasteiger partial charge in [-0.1, -0.05) is 63.6 Å². The van der Waals surface area contributed by atoms with Crippen molar-refractivity contribution in [3.8, 4) is 0 Å². The van der Waals surface area contributed by atoms with E-state index in [1.54, 1.807) is 29.2 Å². The van der Waals surface area contributed by atoms with E-state index in [1.165, 1.54) is 12.1 Å². The average Bonchev–Trinajstić information content (AvgIpc) is 2.74. The van der Waals surface area contributed by atoms with Gasteiger partial charge in [0.15, 0.2) is 18.2 Å². The van der Waals surface area contributed by atoms with Crippen LogP contribution < -0.4 is 0 Å². The fourth-order valence-electron chi connectivity index (χ4n) is 3.76. The van der Waals surface area contributed by atoms with Crippen LogP contribution >= 0.6 is 11.6 Å². The Bertz CT molecular complexity index is 1080. The van der Waals surface area contributed by atoms with Crippen LogP contribution in [0.1, 0.15) is 69.9 Å². The van der Waals surface area contributed by atoms with Crippen molar-refractivity contribution < 1.29 is 23.9 Å². The number of fused-ring (bicyclic) bond motifs is 2. The van der Waals surface area contributed by atoms with E-state index < -0.39 is 18.4 Å². The number of halogens is 1. The second-order valence-electron chi connectivity index (χ2n) is 8.72. The van der Waals surface area contributed by atoms with E-state index in [4.69, 9.17) is 16.3 Å². The minimum Gasteiger partial charge on any atom is -0.452 e. The average molecular weight is 456 g/mol. The summed E-state index contributed by atoms with van der Waals surface area (Å²) in [5, 5.41) is -0.144. The number of hydrogen-bond donors (Lipinski definition) is 0. The van der Waals surface area contributed by atoms with Gasteiger partial charge in [-0.05, 0) is 24.0 Å². The van der Waals surface area contributed by atoms with E-state index in [2.05, 4.69) is 0 Å². The van der Waals surface area contributed by atoms with Crippen LogP contribution in [-0.4, -0.2) is 48.0 Å². The van der Waals surface area contributed by atoms with E-state index in [0.29, 0.717) is 18.7 Å². The van der Waals surface area contributed by atoms with Gasteiger partial charge in [0.1, 0.15) is 0 Å². The third-order valence-electron chi connectivity index (χ3n) is 5.10. The predicted octanol–water partition coefficient (Wildman–Crippen LogP) is 4.41. The second kappa shape index (κ2) is 9.65. The lowest BCUT2D eigenvalue weighted by Gasteiger charge is -2.26. The molecule has 0 unspecified atom stereocenters. The summed E-state index contributed by atoms with van der Waals surface area (Å²) in [5.41, 5.74) is 0.616. The fraction of sp³-hybridized carbons (Fsp3) is 0.360. The minimum absolute atomic E-state index is 0.0163. The minimum atomic E-state index is -0.820. The Morgan fingerprint density at radius 2 is 1.44 bits per heavy atom. The molecule has 1 aliphatic rings. The Labute approximate surface area is 192 Å². The van der Waals surface area contributed by atoms with Gasteiger partial charge in [-0.25, -0.2) is 4.79 Å². The Morgan fingerprint density at radius 3 is 2.00 bits per heavy atom. The quantitative estimate of drug-likeness (QED) is 0.493.